The summed E-state index contributed by atoms with van der Waals surface area (Å²) in [5, 5.41) is 6.71. The van der Waals surface area contributed by atoms with Crippen molar-refractivity contribution in [3.63, 3.8) is 0 Å². The van der Waals surface area contributed by atoms with Gasteiger partial charge in [-0.05, 0) is 13.0 Å². The molecule has 3 heteroatoms. The molecule has 0 bridgehead atoms. The van der Waals surface area contributed by atoms with Gasteiger partial charge in [0.25, 0.3) is 0 Å². The van der Waals surface area contributed by atoms with Crippen LogP contribution < -0.4 is 0 Å². The highest BCUT2D eigenvalue weighted by Gasteiger charge is 2.05. The zero-order valence-electron chi connectivity index (χ0n) is 6.09. The van der Waals surface area contributed by atoms with E-state index in [1.165, 1.54) is 0 Å². The van der Waals surface area contributed by atoms with Crippen LogP contribution in [-0.2, 0) is 4.79 Å². The molecule has 0 radical (unpaired) electrons. The molecule has 0 aromatic carbocycles. The SMILES string of the molecule is Cc1cc(C(C)C=O)n[nH]1. The number of hydrogen-bond acceptors (Lipinski definition) is 2. The first-order valence-electron chi connectivity index (χ1n) is 3.21. The number of aromatic amines is 1. The van der Waals surface area contributed by atoms with Crippen molar-refractivity contribution in [3.8, 4) is 0 Å². The number of carbonyl (C=O) groups excluding carboxylic acids is 1. The molecule has 10 heavy (non-hydrogen) atoms. The smallest absolute Gasteiger partial charge is 0.128 e. The monoisotopic (exact) mass is 138 g/mol. The molecular formula is C7H10N2O. The molecule has 0 saturated carbocycles. The van der Waals surface area contributed by atoms with Gasteiger partial charge in [0, 0.05) is 5.69 Å². The Morgan fingerprint density at radius 1 is 1.80 bits per heavy atom. The minimum Gasteiger partial charge on any atom is -0.303 e. The summed E-state index contributed by atoms with van der Waals surface area (Å²) < 4.78 is 0. The van der Waals surface area contributed by atoms with Crippen LogP contribution >= 0.6 is 0 Å². The Kier molecular flexibility index (Phi) is 1.85. The molecule has 0 aliphatic rings. The number of aldehydes is 1. The van der Waals surface area contributed by atoms with Crippen LogP contribution in [0.2, 0.25) is 0 Å². The van der Waals surface area contributed by atoms with Crippen molar-refractivity contribution in [1.29, 1.82) is 0 Å². The molecule has 0 saturated heterocycles. The van der Waals surface area contributed by atoms with Gasteiger partial charge in [-0.3, -0.25) is 5.10 Å². The fourth-order valence-electron chi connectivity index (χ4n) is 0.742. The van der Waals surface area contributed by atoms with Crippen molar-refractivity contribution in [3.05, 3.63) is 17.5 Å². The van der Waals surface area contributed by atoms with Gasteiger partial charge >= 0.3 is 0 Å². The second-order valence-electron chi connectivity index (χ2n) is 2.40. The van der Waals surface area contributed by atoms with E-state index in [9.17, 15) is 4.79 Å². The number of nitrogens with zero attached hydrogens (tertiary/aromatic N) is 1. The zero-order valence-corrected chi connectivity index (χ0v) is 6.09. The van der Waals surface area contributed by atoms with Gasteiger partial charge in [-0.15, -0.1) is 0 Å². The summed E-state index contributed by atoms with van der Waals surface area (Å²) in [6.45, 7) is 3.73. The first kappa shape index (κ1) is 6.99. The molecule has 1 aromatic rings. The Balaban J connectivity index is 2.84. The van der Waals surface area contributed by atoms with Gasteiger partial charge in [0.05, 0.1) is 11.6 Å². The third-order valence-corrected chi connectivity index (χ3v) is 1.40. The molecule has 0 aliphatic heterocycles. The number of H-pyrrole nitrogens is 1. The van der Waals surface area contributed by atoms with Crippen LogP contribution in [0, 0.1) is 6.92 Å². The number of carbonyl (C=O) groups is 1. The summed E-state index contributed by atoms with van der Waals surface area (Å²) in [4.78, 5) is 10.3. The van der Waals surface area contributed by atoms with Gasteiger partial charge in [-0.2, -0.15) is 5.10 Å². The first-order valence-corrected chi connectivity index (χ1v) is 3.21. The van der Waals surface area contributed by atoms with Gasteiger partial charge < -0.3 is 4.79 Å². The van der Waals surface area contributed by atoms with E-state index in [1.807, 2.05) is 19.9 Å². The van der Waals surface area contributed by atoms with E-state index in [1.54, 1.807) is 0 Å². The summed E-state index contributed by atoms with van der Waals surface area (Å²) >= 11 is 0. The largest absolute Gasteiger partial charge is 0.303 e. The maximum Gasteiger partial charge on any atom is 0.128 e. The second kappa shape index (κ2) is 2.64. The molecule has 1 unspecified atom stereocenters. The molecule has 0 fully saturated rings. The van der Waals surface area contributed by atoms with Gasteiger partial charge in [0.15, 0.2) is 0 Å². The normalized spacial score (nSPS) is 13.0. The number of aryl methyl sites for hydroxylation is 1. The quantitative estimate of drug-likeness (QED) is 0.620. The topological polar surface area (TPSA) is 45.8 Å². The van der Waals surface area contributed by atoms with Crippen molar-refractivity contribution in [1.82, 2.24) is 10.2 Å². The lowest BCUT2D eigenvalue weighted by atomic mass is 10.1. The standard InChI is InChI=1S/C7H10N2O/c1-5(4-10)7-3-6(2)8-9-7/h3-5H,1-2H3,(H,8,9). The van der Waals surface area contributed by atoms with Crippen molar-refractivity contribution in [2.45, 2.75) is 19.8 Å². The van der Waals surface area contributed by atoms with E-state index in [4.69, 9.17) is 0 Å². The lowest BCUT2D eigenvalue weighted by molar-refractivity contribution is -0.108. The predicted molar refractivity (Wildman–Crippen MR) is 37.8 cm³/mol. The summed E-state index contributed by atoms with van der Waals surface area (Å²) in [6, 6.07) is 1.87. The third-order valence-electron chi connectivity index (χ3n) is 1.40. The molecule has 1 heterocycles. The summed E-state index contributed by atoms with van der Waals surface area (Å²) in [5.74, 6) is -0.0926. The summed E-state index contributed by atoms with van der Waals surface area (Å²) in [6.07, 6.45) is 0.885. The molecule has 1 atom stereocenters. The van der Waals surface area contributed by atoms with Crippen LogP contribution in [0.15, 0.2) is 6.07 Å². The molecule has 3 nitrogen and oxygen atoms in total. The number of aromatic nitrogens is 2. The minimum absolute atomic E-state index is 0.0926. The van der Waals surface area contributed by atoms with E-state index >= 15 is 0 Å². The van der Waals surface area contributed by atoms with E-state index in [0.29, 0.717) is 0 Å². The van der Waals surface area contributed by atoms with Crippen LogP contribution in [0.25, 0.3) is 0 Å². The van der Waals surface area contributed by atoms with Crippen LogP contribution in [0.5, 0.6) is 0 Å². The zero-order chi connectivity index (χ0) is 7.56. The highest BCUT2D eigenvalue weighted by molar-refractivity contribution is 5.60. The van der Waals surface area contributed by atoms with Gasteiger partial charge in [-0.25, -0.2) is 0 Å². The second-order valence-corrected chi connectivity index (χ2v) is 2.40. The Morgan fingerprint density at radius 3 is 2.90 bits per heavy atom. The average molecular weight is 138 g/mol. The fourth-order valence-corrected chi connectivity index (χ4v) is 0.742. The van der Waals surface area contributed by atoms with Gasteiger partial charge in [0.1, 0.15) is 6.29 Å². The lowest BCUT2D eigenvalue weighted by Crippen LogP contribution is -1.93. The van der Waals surface area contributed by atoms with E-state index < -0.39 is 0 Å². The molecule has 0 spiro atoms. The number of hydrogen-bond donors (Lipinski definition) is 1. The van der Waals surface area contributed by atoms with Crippen molar-refractivity contribution >= 4 is 6.29 Å². The minimum atomic E-state index is -0.0926. The van der Waals surface area contributed by atoms with Crippen LogP contribution in [0.4, 0.5) is 0 Å². The maximum absolute atomic E-state index is 10.3. The Bertz CT molecular complexity index is 229. The average Bonchev–Trinajstić information content (AvgIpc) is 2.34. The van der Waals surface area contributed by atoms with Crippen LogP contribution in [-0.4, -0.2) is 16.5 Å². The molecule has 1 N–H and O–H groups in total. The highest BCUT2D eigenvalue weighted by Crippen LogP contribution is 2.09. The molecule has 0 aliphatic carbocycles. The van der Waals surface area contributed by atoms with Crippen molar-refractivity contribution in [2.75, 3.05) is 0 Å². The maximum atomic E-state index is 10.3. The van der Waals surface area contributed by atoms with Gasteiger partial charge in [-0.1, -0.05) is 6.92 Å². The molecule has 0 amide bonds. The predicted octanol–water partition coefficient (Wildman–Crippen LogP) is 1.02. The van der Waals surface area contributed by atoms with Crippen molar-refractivity contribution in [2.24, 2.45) is 0 Å². The van der Waals surface area contributed by atoms with Crippen LogP contribution in [0.3, 0.4) is 0 Å². The molecular weight excluding hydrogens is 128 g/mol. The summed E-state index contributed by atoms with van der Waals surface area (Å²) in [5.41, 5.74) is 1.80. The van der Waals surface area contributed by atoms with Crippen molar-refractivity contribution < 1.29 is 4.79 Å². The highest BCUT2D eigenvalue weighted by atomic mass is 16.1. The Morgan fingerprint density at radius 2 is 2.50 bits per heavy atom. The molecule has 1 rings (SSSR count). The lowest BCUT2D eigenvalue weighted by Gasteiger charge is -1.93. The fraction of sp³-hybridized carbons (Fsp3) is 0.429. The number of nitrogens with one attached hydrogen (secondary N) is 1. The van der Waals surface area contributed by atoms with Crippen LogP contribution in [0.1, 0.15) is 24.2 Å². The van der Waals surface area contributed by atoms with E-state index in [0.717, 1.165) is 17.7 Å². The Hall–Kier alpha value is -1.12. The molecule has 54 valence electrons. The number of rotatable bonds is 2. The molecule has 1 aromatic heterocycles. The van der Waals surface area contributed by atoms with Gasteiger partial charge in [0.2, 0.25) is 0 Å². The summed E-state index contributed by atoms with van der Waals surface area (Å²) in [7, 11) is 0. The Labute approximate surface area is 59.4 Å². The van der Waals surface area contributed by atoms with E-state index in [-0.39, 0.29) is 5.92 Å². The third kappa shape index (κ3) is 1.23. The van der Waals surface area contributed by atoms with E-state index in [2.05, 4.69) is 10.2 Å². The first-order chi connectivity index (χ1) is 4.74.